The summed E-state index contributed by atoms with van der Waals surface area (Å²) in [5.74, 6) is 0.252. The molecule has 1 aliphatic rings. The number of aromatic nitrogens is 2. The lowest BCUT2D eigenvalue weighted by Crippen LogP contribution is -2.38. The Morgan fingerprint density at radius 2 is 2.44 bits per heavy atom. The van der Waals surface area contributed by atoms with Crippen LogP contribution >= 0.6 is 0 Å². The van der Waals surface area contributed by atoms with Crippen molar-refractivity contribution in [3.05, 3.63) is 18.0 Å². The Morgan fingerprint density at radius 3 is 3.11 bits per heavy atom. The van der Waals surface area contributed by atoms with Crippen molar-refractivity contribution in [2.75, 3.05) is 6.54 Å². The van der Waals surface area contributed by atoms with Crippen molar-refractivity contribution < 1.29 is 4.79 Å². The van der Waals surface area contributed by atoms with Gasteiger partial charge in [0.25, 0.3) is 0 Å². The van der Waals surface area contributed by atoms with E-state index in [9.17, 15) is 4.79 Å². The number of amides is 1. The van der Waals surface area contributed by atoms with Crippen molar-refractivity contribution in [2.45, 2.75) is 45.2 Å². The molecule has 2 unspecified atom stereocenters. The van der Waals surface area contributed by atoms with Gasteiger partial charge < -0.3 is 11.1 Å². The molecule has 1 heterocycles. The monoisotopic (exact) mass is 250 g/mol. The molecule has 0 radical (unpaired) electrons. The van der Waals surface area contributed by atoms with Crippen LogP contribution in [0.25, 0.3) is 0 Å². The molecule has 0 saturated heterocycles. The van der Waals surface area contributed by atoms with E-state index >= 15 is 0 Å². The lowest BCUT2D eigenvalue weighted by molar-refractivity contribution is -0.126. The Bertz CT molecular complexity index is 401. The van der Waals surface area contributed by atoms with Gasteiger partial charge in [-0.25, -0.2) is 0 Å². The molecule has 0 spiro atoms. The second-order valence-corrected chi connectivity index (χ2v) is 5.20. The minimum Gasteiger partial charge on any atom is -0.354 e. The van der Waals surface area contributed by atoms with Crippen molar-refractivity contribution >= 4 is 5.91 Å². The second-order valence-electron chi connectivity index (χ2n) is 5.20. The molecule has 2 rings (SSSR count). The summed E-state index contributed by atoms with van der Waals surface area (Å²) in [5.41, 5.74) is 7.03. The van der Waals surface area contributed by atoms with Gasteiger partial charge in [-0.15, -0.1) is 0 Å². The summed E-state index contributed by atoms with van der Waals surface area (Å²) in [6.45, 7) is 3.36. The van der Waals surface area contributed by atoms with E-state index in [-0.39, 0.29) is 17.9 Å². The Balaban J connectivity index is 1.71. The van der Waals surface area contributed by atoms with Crippen molar-refractivity contribution in [2.24, 2.45) is 11.7 Å². The van der Waals surface area contributed by atoms with Crippen molar-refractivity contribution in [3.8, 4) is 0 Å². The van der Waals surface area contributed by atoms with E-state index < -0.39 is 0 Å². The number of hydrogen-bond donors (Lipinski definition) is 2. The summed E-state index contributed by atoms with van der Waals surface area (Å²) in [6.07, 6.45) is 7.71. The van der Waals surface area contributed by atoms with Crippen LogP contribution in [0.15, 0.2) is 12.4 Å². The first-order valence-electron chi connectivity index (χ1n) is 6.67. The minimum absolute atomic E-state index is 0.105. The van der Waals surface area contributed by atoms with Gasteiger partial charge in [0.05, 0.1) is 12.7 Å². The smallest absolute Gasteiger partial charge is 0.223 e. The summed E-state index contributed by atoms with van der Waals surface area (Å²) < 4.78 is 1.85. The number of carbonyl (C=O) groups excluding carboxylic acids is 1. The first kappa shape index (κ1) is 13.1. The van der Waals surface area contributed by atoms with Gasteiger partial charge in [0.15, 0.2) is 0 Å². The molecule has 5 heteroatoms. The van der Waals surface area contributed by atoms with Crippen LogP contribution in [0.2, 0.25) is 0 Å². The lowest BCUT2D eigenvalue weighted by Gasteiger charge is -2.25. The summed E-state index contributed by atoms with van der Waals surface area (Å²) in [7, 11) is 0. The summed E-state index contributed by atoms with van der Waals surface area (Å²) in [6, 6.07) is 0.197. The Kier molecular flexibility index (Phi) is 4.36. The van der Waals surface area contributed by atoms with Crippen LogP contribution in [0.1, 0.15) is 31.2 Å². The van der Waals surface area contributed by atoms with Crippen molar-refractivity contribution in [3.63, 3.8) is 0 Å². The number of rotatable bonds is 4. The maximum absolute atomic E-state index is 11.9. The molecule has 18 heavy (non-hydrogen) atoms. The van der Waals surface area contributed by atoms with Crippen LogP contribution in [0, 0.1) is 12.8 Å². The molecule has 2 atom stereocenters. The molecule has 1 fully saturated rings. The third-order valence-corrected chi connectivity index (χ3v) is 3.49. The molecule has 0 aromatic carbocycles. The highest BCUT2D eigenvalue weighted by Gasteiger charge is 2.24. The molecule has 0 bridgehead atoms. The van der Waals surface area contributed by atoms with E-state index in [1.54, 1.807) is 0 Å². The first-order valence-corrected chi connectivity index (χ1v) is 6.67. The zero-order chi connectivity index (χ0) is 13.0. The van der Waals surface area contributed by atoms with Gasteiger partial charge in [0, 0.05) is 24.7 Å². The molecular weight excluding hydrogens is 228 g/mol. The fraction of sp³-hybridized carbons (Fsp3) is 0.692. The van der Waals surface area contributed by atoms with Crippen LogP contribution < -0.4 is 11.1 Å². The number of nitrogens with zero attached hydrogens (tertiary/aromatic N) is 2. The maximum atomic E-state index is 11.9. The maximum Gasteiger partial charge on any atom is 0.223 e. The van der Waals surface area contributed by atoms with Crippen molar-refractivity contribution in [1.29, 1.82) is 0 Å². The number of nitrogens with two attached hydrogens (primary N) is 1. The zero-order valence-corrected chi connectivity index (χ0v) is 10.9. The Morgan fingerprint density at radius 1 is 1.61 bits per heavy atom. The van der Waals surface area contributed by atoms with E-state index in [1.807, 2.05) is 24.0 Å². The Labute approximate surface area is 108 Å². The normalized spacial score (nSPS) is 23.9. The van der Waals surface area contributed by atoms with Gasteiger partial charge in [-0.3, -0.25) is 9.48 Å². The van der Waals surface area contributed by atoms with E-state index in [4.69, 9.17) is 5.73 Å². The highest BCUT2D eigenvalue weighted by molar-refractivity contribution is 5.78. The van der Waals surface area contributed by atoms with E-state index in [2.05, 4.69) is 10.4 Å². The molecule has 0 aliphatic heterocycles. The predicted octanol–water partition coefficient (Wildman–Crippen LogP) is 0.825. The molecule has 5 nitrogen and oxygen atoms in total. The van der Waals surface area contributed by atoms with Crippen LogP contribution in [0.4, 0.5) is 0 Å². The topological polar surface area (TPSA) is 72.9 Å². The highest BCUT2D eigenvalue weighted by atomic mass is 16.1. The summed E-state index contributed by atoms with van der Waals surface area (Å²) in [4.78, 5) is 11.9. The fourth-order valence-corrected chi connectivity index (χ4v) is 2.49. The molecule has 3 N–H and O–H groups in total. The molecule has 1 aromatic rings. The quantitative estimate of drug-likeness (QED) is 0.831. The molecule has 100 valence electrons. The third-order valence-electron chi connectivity index (χ3n) is 3.49. The molecule has 1 aromatic heterocycles. The number of nitrogens with one attached hydrogen (secondary N) is 1. The summed E-state index contributed by atoms with van der Waals surface area (Å²) in [5, 5.41) is 7.16. The van der Waals surface area contributed by atoms with Gasteiger partial charge >= 0.3 is 0 Å². The largest absolute Gasteiger partial charge is 0.354 e. The second kappa shape index (κ2) is 6.00. The van der Waals surface area contributed by atoms with Crippen LogP contribution in [0.5, 0.6) is 0 Å². The number of aryl methyl sites for hydroxylation is 1. The standard InChI is InChI=1S/C13H22N4O/c1-10-8-16-17(9-10)6-5-15-13(18)11-3-2-4-12(14)7-11/h8-9,11-12H,2-7,14H2,1H3,(H,15,18). The molecule has 1 amide bonds. The third kappa shape index (κ3) is 3.57. The van der Waals surface area contributed by atoms with Gasteiger partial charge in [-0.2, -0.15) is 5.10 Å². The lowest BCUT2D eigenvalue weighted by atomic mass is 9.85. The zero-order valence-electron chi connectivity index (χ0n) is 10.9. The van der Waals surface area contributed by atoms with E-state index in [1.165, 1.54) is 0 Å². The van der Waals surface area contributed by atoms with Gasteiger partial charge in [-0.05, 0) is 31.7 Å². The van der Waals surface area contributed by atoms with Gasteiger partial charge in [0.2, 0.25) is 5.91 Å². The minimum atomic E-state index is 0.105. The van der Waals surface area contributed by atoms with Crippen LogP contribution in [-0.4, -0.2) is 28.3 Å². The predicted molar refractivity (Wildman–Crippen MR) is 69.9 cm³/mol. The highest BCUT2D eigenvalue weighted by Crippen LogP contribution is 2.22. The van der Waals surface area contributed by atoms with Gasteiger partial charge in [0.1, 0.15) is 0 Å². The number of hydrogen-bond acceptors (Lipinski definition) is 3. The Hall–Kier alpha value is -1.36. The van der Waals surface area contributed by atoms with Crippen molar-refractivity contribution in [1.82, 2.24) is 15.1 Å². The van der Waals surface area contributed by atoms with Crippen LogP contribution in [-0.2, 0) is 11.3 Å². The fourth-order valence-electron chi connectivity index (χ4n) is 2.49. The average Bonchev–Trinajstić information content (AvgIpc) is 2.75. The summed E-state index contributed by atoms with van der Waals surface area (Å²) >= 11 is 0. The molecule has 1 saturated carbocycles. The molecule has 1 aliphatic carbocycles. The SMILES string of the molecule is Cc1cnn(CCNC(=O)C2CCCC(N)C2)c1. The average molecular weight is 250 g/mol. The van der Waals surface area contributed by atoms with Gasteiger partial charge in [-0.1, -0.05) is 6.42 Å². The first-order chi connectivity index (χ1) is 8.65. The molecular formula is C13H22N4O. The van der Waals surface area contributed by atoms with E-state index in [0.29, 0.717) is 6.54 Å². The van der Waals surface area contributed by atoms with Crippen LogP contribution in [0.3, 0.4) is 0 Å². The van der Waals surface area contributed by atoms with E-state index in [0.717, 1.165) is 37.8 Å². The number of carbonyl (C=O) groups is 1.